The van der Waals surface area contributed by atoms with Gasteiger partial charge in [-0.05, 0) is 29.8 Å². The van der Waals surface area contributed by atoms with Gasteiger partial charge in [-0.25, -0.2) is 0 Å². The van der Waals surface area contributed by atoms with Crippen LogP contribution in [0.3, 0.4) is 0 Å². The molecule has 1 heterocycles. The largest absolute Gasteiger partial charge is 0.351 e. The molecule has 108 valence electrons. The van der Waals surface area contributed by atoms with Crippen LogP contribution < -0.4 is 10.6 Å². The van der Waals surface area contributed by atoms with E-state index < -0.39 is 0 Å². The second-order valence-corrected chi connectivity index (χ2v) is 4.81. The molecule has 22 heavy (non-hydrogen) atoms. The Labute approximate surface area is 128 Å². The number of aromatic amines is 1. The molecule has 3 rings (SSSR count). The Hall–Kier alpha value is -3.26. The third-order valence-corrected chi connectivity index (χ3v) is 3.17. The van der Waals surface area contributed by atoms with E-state index in [9.17, 15) is 0 Å². The lowest BCUT2D eigenvalue weighted by molar-refractivity contribution is 1.09. The van der Waals surface area contributed by atoms with Crippen LogP contribution in [-0.4, -0.2) is 10.2 Å². The maximum absolute atomic E-state index is 8.78. The first-order valence-electron chi connectivity index (χ1n) is 6.93. The summed E-state index contributed by atoms with van der Waals surface area (Å²) in [5.74, 6) is 0.789. The van der Waals surface area contributed by atoms with E-state index in [4.69, 9.17) is 5.26 Å². The number of para-hydroxylation sites is 1. The summed E-state index contributed by atoms with van der Waals surface area (Å²) in [6.07, 6.45) is 2.12. The Morgan fingerprint density at radius 1 is 1.00 bits per heavy atom. The first-order valence-corrected chi connectivity index (χ1v) is 6.93. The van der Waals surface area contributed by atoms with Gasteiger partial charge in [0.25, 0.3) is 0 Å². The van der Waals surface area contributed by atoms with Crippen LogP contribution in [0, 0.1) is 11.3 Å². The minimum Gasteiger partial charge on any atom is -0.351 e. The number of hydrogen-bond donors (Lipinski definition) is 3. The second kappa shape index (κ2) is 6.46. The molecule has 0 bridgehead atoms. The number of nitrogens with zero attached hydrogens (tertiary/aromatic N) is 2. The predicted molar refractivity (Wildman–Crippen MR) is 87.4 cm³/mol. The summed E-state index contributed by atoms with van der Waals surface area (Å²) in [6, 6.07) is 19.8. The summed E-state index contributed by atoms with van der Waals surface area (Å²) >= 11 is 0. The molecular weight excluding hydrogens is 274 g/mol. The molecule has 3 N–H and O–H groups in total. The third kappa shape index (κ3) is 3.25. The highest BCUT2D eigenvalue weighted by Gasteiger charge is 2.06. The third-order valence-electron chi connectivity index (χ3n) is 3.17. The molecule has 1 aromatic heterocycles. The average Bonchev–Trinajstić information content (AvgIpc) is 2.96. The van der Waals surface area contributed by atoms with Crippen molar-refractivity contribution in [2.45, 2.75) is 6.42 Å². The van der Waals surface area contributed by atoms with Gasteiger partial charge in [-0.1, -0.05) is 30.3 Å². The molecule has 0 fully saturated rings. The standard InChI is InChI=1S/C17H15N5/c18-10-9-13-5-4-8-15(11-13)20-16-12-19-22-17(16)21-14-6-2-1-3-7-14/h1-8,11-12,20H,9H2,(H2,19,21,22). The van der Waals surface area contributed by atoms with Crippen LogP contribution in [0.2, 0.25) is 0 Å². The summed E-state index contributed by atoms with van der Waals surface area (Å²) < 4.78 is 0. The number of nitrogens with one attached hydrogen (secondary N) is 3. The van der Waals surface area contributed by atoms with E-state index in [0.717, 1.165) is 28.4 Å². The quantitative estimate of drug-likeness (QED) is 0.664. The number of benzene rings is 2. The molecule has 0 aliphatic rings. The maximum Gasteiger partial charge on any atom is 0.150 e. The lowest BCUT2D eigenvalue weighted by Gasteiger charge is -2.09. The molecule has 0 unspecified atom stereocenters. The fourth-order valence-corrected chi connectivity index (χ4v) is 2.15. The van der Waals surface area contributed by atoms with Crippen molar-refractivity contribution in [1.29, 1.82) is 5.26 Å². The van der Waals surface area contributed by atoms with E-state index in [1.165, 1.54) is 0 Å². The molecule has 3 aromatic rings. The van der Waals surface area contributed by atoms with E-state index in [2.05, 4.69) is 26.9 Å². The SMILES string of the molecule is N#CCc1cccc(Nc2cn[nH]c2Nc2ccccc2)c1. The normalized spacial score (nSPS) is 9.95. The van der Waals surface area contributed by atoms with Gasteiger partial charge in [0.05, 0.1) is 18.7 Å². The van der Waals surface area contributed by atoms with Crippen molar-refractivity contribution in [3.8, 4) is 6.07 Å². The van der Waals surface area contributed by atoms with Crippen molar-refractivity contribution in [2.75, 3.05) is 10.6 Å². The minimum absolute atomic E-state index is 0.399. The van der Waals surface area contributed by atoms with Gasteiger partial charge in [-0.15, -0.1) is 0 Å². The first-order chi connectivity index (χ1) is 10.8. The van der Waals surface area contributed by atoms with Crippen LogP contribution in [0.5, 0.6) is 0 Å². The Balaban J connectivity index is 1.78. The van der Waals surface area contributed by atoms with Crippen molar-refractivity contribution >= 4 is 22.9 Å². The van der Waals surface area contributed by atoms with Crippen molar-refractivity contribution < 1.29 is 0 Å². The molecule has 0 aliphatic heterocycles. The molecular formula is C17H15N5. The maximum atomic E-state index is 8.78. The highest BCUT2D eigenvalue weighted by Crippen LogP contribution is 2.26. The lowest BCUT2D eigenvalue weighted by Crippen LogP contribution is -1.96. The fourth-order valence-electron chi connectivity index (χ4n) is 2.15. The van der Waals surface area contributed by atoms with Gasteiger partial charge in [0.15, 0.2) is 0 Å². The molecule has 0 amide bonds. The summed E-state index contributed by atoms with van der Waals surface area (Å²) in [7, 11) is 0. The highest BCUT2D eigenvalue weighted by molar-refractivity contribution is 5.74. The van der Waals surface area contributed by atoms with E-state index in [1.54, 1.807) is 6.20 Å². The summed E-state index contributed by atoms with van der Waals surface area (Å²) in [5, 5.41) is 22.4. The van der Waals surface area contributed by atoms with Crippen LogP contribution in [0.15, 0.2) is 60.8 Å². The van der Waals surface area contributed by atoms with Crippen LogP contribution in [-0.2, 0) is 6.42 Å². The van der Waals surface area contributed by atoms with Gasteiger partial charge in [0, 0.05) is 11.4 Å². The minimum atomic E-state index is 0.399. The van der Waals surface area contributed by atoms with Gasteiger partial charge in [-0.2, -0.15) is 10.4 Å². The summed E-state index contributed by atoms with van der Waals surface area (Å²) in [6.45, 7) is 0. The Morgan fingerprint density at radius 2 is 1.82 bits per heavy atom. The second-order valence-electron chi connectivity index (χ2n) is 4.81. The highest BCUT2D eigenvalue weighted by atomic mass is 15.2. The van der Waals surface area contributed by atoms with E-state index in [1.807, 2.05) is 54.6 Å². The zero-order chi connectivity index (χ0) is 15.2. The smallest absolute Gasteiger partial charge is 0.150 e. The van der Waals surface area contributed by atoms with Crippen LogP contribution in [0.25, 0.3) is 0 Å². The Kier molecular flexibility index (Phi) is 4.03. The average molecular weight is 289 g/mol. The molecule has 0 atom stereocenters. The topological polar surface area (TPSA) is 76.5 Å². The predicted octanol–water partition coefficient (Wildman–Crippen LogP) is 3.96. The number of rotatable bonds is 5. The number of H-pyrrole nitrogens is 1. The molecule has 0 aliphatic carbocycles. The van der Waals surface area contributed by atoms with E-state index in [-0.39, 0.29) is 0 Å². The molecule has 5 heteroatoms. The summed E-state index contributed by atoms with van der Waals surface area (Å²) in [4.78, 5) is 0. The van der Waals surface area contributed by atoms with Crippen LogP contribution in [0.1, 0.15) is 5.56 Å². The zero-order valence-electron chi connectivity index (χ0n) is 11.9. The molecule has 0 radical (unpaired) electrons. The number of nitriles is 1. The monoisotopic (exact) mass is 289 g/mol. The Bertz CT molecular complexity index is 786. The van der Waals surface area contributed by atoms with Gasteiger partial charge in [-0.3, -0.25) is 5.10 Å². The van der Waals surface area contributed by atoms with E-state index in [0.29, 0.717) is 6.42 Å². The number of hydrogen-bond acceptors (Lipinski definition) is 4. The van der Waals surface area contributed by atoms with Crippen molar-refractivity contribution in [2.24, 2.45) is 0 Å². The van der Waals surface area contributed by atoms with Gasteiger partial charge >= 0.3 is 0 Å². The van der Waals surface area contributed by atoms with Gasteiger partial charge < -0.3 is 10.6 Å². The first kappa shape index (κ1) is 13.7. The Morgan fingerprint density at radius 3 is 2.64 bits per heavy atom. The molecule has 5 nitrogen and oxygen atoms in total. The van der Waals surface area contributed by atoms with Crippen LogP contribution in [0.4, 0.5) is 22.9 Å². The number of aromatic nitrogens is 2. The van der Waals surface area contributed by atoms with Crippen molar-refractivity contribution in [3.05, 3.63) is 66.4 Å². The van der Waals surface area contributed by atoms with Crippen LogP contribution >= 0.6 is 0 Å². The lowest BCUT2D eigenvalue weighted by atomic mass is 10.1. The van der Waals surface area contributed by atoms with Crippen molar-refractivity contribution in [1.82, 2.24) is 10.2 Å². The number of anilines is 4. The zero-order valence-corrected chi connectivity index (χ0v) is 11.9. The molecule has 0 spiro atoms. The van der Waals surface area contributed by atoms with Gasteiger partial charge in [0.2, 0.25) is 0 Å². The molecule has 0 saturated heterocycles. The van der Waals surface area contributed by atoms with Gasteiger partial charge in [0.1, 0.15) is 11.5 Å². The van der Waals surface area contributed by atoms with E-state index >= 15 is 0 Å². The fraction of sp³-hybridized carbons (Fsp3) is 0.0588. The molecule has 0 saturated carbocycles. The molecule has 2 aromatic carbocycles. The van der Waals surface area contributed by atoms with Crippen molar-refractivity contribution in [3.63, 3.8) is 0 Å². The summed E-state index contributed by atoms with van der Waals surface area (Å²) in [5.41, 5.74) is 3.73.